The van der Waals surface area contributed by atoms with Crippen molar-refractivity contribution in [3.8, 4) is 11.5 Å². The number of nitrogens with zero attached hydrogens (tertiary/aromatic N) is 2. The summed E-state index contributed by atoms with van der Waals surface area (Å²) in [6.07, 6.45) is 2.01. The number of hydrogen-bond donors (Lipinski definition) is 1. The second kappa shape index (κ2) is 7.34. The molecule has 4 rings (SSSR count). The number of aromatic nitrogens is 2. The summed E-state index contributed by atoms with van der Waals surface area (Å²) < 4.78 is 13.7. The maximum absolute atomic E-state index is 12.8. The third-order valence-corrected chi connectivity index (χ3v) is 7.15. The van der Waals surface area contributed by atoms with E-state index in [4.69, 9.17) is 9.47 Å². The number of benzene rings is 2. The van der Waals surface area contributed by atoms with Crippen LogP contribution in [0, 0.1) is 0 Å². The van der Waals surface area contributed by atoms with Crippen molar-refractivity contribution in [2.75, 3.05) is 25.8 Å². The van der Waals surface area contributed by atoms with Gasteiger partial charge in [0, 0.05) is 0 Å². The van der Waals surface area contributed by atoms with Crippen LogP contribution in [0.1, 0.15) is 10.4 Å². The lowest BCUT2D eigenvalue weighted by molar-refractivity contribution is 0.102. The van der Waals surface area contributed by atoms with E-state index in [1.165, 1.54) is 25.6 Å². The zero-order chi connectivity index (χ0) is 19.0. The summed E-state index contributed by atoms with van der Waals surface area (Å²) in [5.74, 6) is 0.568. The molecular weight excluding hydrogens is 402 g/mol. The van der Waals surface area contributed by atoms with Gasteiger partial charge in [-0.15, -0.1) is 11.3 Å². The number of amides is 1. The largest absolute Gasteiger partial charge is 0.496 e. The standard InChI is InChI=1S/C18H15N3O3S3/c1-23-11-5-4-6-12(24-2)13(11)16(22)21-17-19-9-7-8-10-15(14(9)26-17)27-18(20-10)25-3/h4-8H,1-3H3,(H,19,21,22). The lowest BCUT2D eigenvalue weighted by Gasteiger charge is -2.11. The summed E-state index contributed by atoms with van der Waals surface area (Å²) in [5.41, 5.74) is 2.13. The average Bonchev–Trinajstić information content (AvgIpc) is 3.29. The van der Waals surface area contributed by atoms with Crippen LogP contribution in [0.3, 0.4) is 0 Å². The third-order valence-electron chi connectivity index (χ3n) is 3.94. The van der Waals surface area contributed by atoms with Gasteiger partial charge in [0.25, 0.3) is 5.91 Å². The molecule has 0 atom stereocenters. The summed E-state index contributed by atoms with van der Waals surface area (Å²) in [6, 6.07) is 9.11. The Bertz CT molecular complexity index is 1130. The first-order chi connectivity index (χ1) is 13.1. The summed E-state index contributed by atoms with van der Waals surface area (Å²) in [6.45, 7) is 0. The molecule has 138 valence electrons. The summed E-state index contributed by atoms with van der Waals surface area (Å²) >= 11 is 4.69. The molecule has 0 aliphatic rings. The van der Waals surface area contributed by atoms with Crippen molar-refractivity contribution in [3.05, 3.63) is 35.9 Å². The number of hydrogen-bond acceptors (Lipinski definition) is 8. The Labute approximate surface area is 167 Å². The van der Waals surface area contributed by atoms with Crippen LogP contribution in [0.2, 0.25) is 0 Å². The fourth-order valence-electron chi connectivity index (χ4n) is 2.73. The monoisotopic (exact) mass is 417 g/mol. The molecule has 2 aromatic heterocycles. The average molecular weight is 418 g/mol. The van der Waals surface area contributed by atoms with Gasteiger partial charge < -0.3 is 9.47 Å². The van der Waals surface area contributed by atoms with E-state index in [1.54, 1.807) is 41.3 Å². The fourth-order valence-corrected chi connectivity index (χ4v) is 5.38. The topological polar surface area (TPSA) is 73.3 Å². The van der Waals surface area contributed by atoms with Crippen LogP contribution in [0.4, 0.5) is 5.13 Å². The van der Waals surface area contributed by atoms with E-state index in [1.807, 2.05) is 18.4 Å². The van der Waals surface area contributed by atoms with Gasteiger partial charge in [-0.25, -0.2) is 9.97 Å². The first-order valence-corrected chi connectivity index (χ1v) is 10.8. The minimum Gasteiger partial charge on any atom is -0.496 e. The van der Waals surface area contributed by atoms with E-state index in [0.717, 1.165) is 24.8 Å². The molecule has 0 saturated carbocycles. The van der Waals surface area contributed by atoms with Crippen molar-refractivity contribution in [1.29, 1.82) is 0 Å². The molecular formula is C18H15N3O3S3. The molecule has 0 spiro atoms. The fraction of sp³-hybridized carbons (Fsp3) is 0.167. The van der Waals surface area contributed by atoms with Crippen molar-refractivity contribution >= 4 is 65.9 Å². The predicted molar refractivity (Wildman–Crippen MR) is 112 cm³/mol. The van der Waals surface area contributed by atoms with Gasteiger partial charge in [0.1, 0.15) is 17.1 Å². The molecule has 0 aliphatic carbocycles. The zero-order valence-electron chi connectivity index (χ0n) is 14.7. The number of methoxy groups -OCH3 is 2. The SMILES string of the molecule is COc1cccc(OC)c1C(=O)Nc1nc2ccc3nc(SC)sc3c2s1. The highest BCUT2D eigenvalue weighted by molar-refractivity contribution is 8.00. The second-order valence-electron chi connectivity index (χ2n) is 5.46. The lowest BCUT2D eigenvalue weighted by Crippen LogP contribution is -2.14. The minimum atomic E-state index is -0.325. The number of thioether (sulfide) groups is 1. The van der Waals surface area contributed by atoms with E-state index in [0.29, 0.717) is 22.2 Å². The van der Waals surface area contributed by atoms with Crippen LogP contribution in [-0.4, -0.2) is 36.4 Å². The van der Waals surface area contributed by atoms with Crippen LogP contribution in [0.15, 0.2) is 34.7 Å². The maximum atomic E-state index is 12.8. The molecule has 1 N–H and O–H groups in total. The van der Waals surface area contributed by atoms with E-state index >= 15 is 0 Å². The minimum absolute atomic E-state index is 0.325. The highest BCUT2D eigenvalue weighted by Gasteiger charge is 2.20. The molecule has 0 unspecified atom stereocenters. The molecule has 9 heteroatoms. The third kappa shape index (κ3) is 3.22. The first-order valence-electron chi connectivity index (χ1n) is 7.91. The highest BCUT2D eigenvalue weighted by atomic mass is 32.2. The lowest BCUT2D eigenvalue weighted by atomic mass is 10.1. The van der Waals surface area contributed by atoms with Crippen molar-refractivity contribution in [3.63, 3.8) is 0 Å². The molecule has 6 nitrogen and oxygen atoms in total. The smallest absolute Gasteiger partial charge is 0.265 e. The van der Waals surface area contributed by atoms with Crippen molar-refractivity contribution in [1.82, 2.24) is 9.97 Å². The van der Waals surface area contributed by atoms with Gasteiger partial charge in [0.15, 0.2) is 9.47 Å². The number of thiazole rings is 2. The van der Waals surface area contributed by atoms with Crippen molar-refractivity contribution < 1.29 is 14.3 Å². The van der Waals surface area contributed by atoms with Crippen molar-refractivity contribution in [2.45, 2.75) is 4.34 Å². The molecule has 0 radical (unpaired) electrons. The maximum Gasteiger partial charge on any atom is 0.265 e. The Morgan fingerprint density at radius 3 is 2.26 bits per heavy atom. The summed E-state index contributed by atoms with van der Waals surface area (Å²) in [5, 5.41) is 3.39. The number of nitrogens with one attached hydrogen (secondary N) is 1. The van der Waals surface area contributed by atoms with Crippen LogP contribution in [0.25, 0.3) is 20.4 Å². The normalized spacial score (nSPS) is 11.1. The molecule has 27 heavy (non-hydrogen) atoms. The van der Waals surface area contributed by atoms with E-state index < -0.39 is 0 Å². The Morgan fingerprint density at radius 2 is 1.63 bits per heavy atom. The number of anilines is 1. The quantitative estimate of drug-likeness (QED) is 0.466. The molecule has 1 amide bonds. The van der Waals surface area contributed by atoms with Gasteiger partial charge in [-0.1, -0.05) is 29.2 Å². The molecule has 0 saturated heterocycles. The first kappa shape index (κ1) is 18.0. The predicted octanol–water partition coefficient (Wildman–Crippen LogP) is 4.90. The van der Waals surface area contributed by atoms with Crippen LogP contribution < -0.4 is 14.8 Å². The van der Waals surface area contributed by atoms with E-state index in [9.17, 15) is 4.79 Å². The number of carbonyl (C=O) groups is 1. The van der Waals surface area contributed by atoms with E-state index in [2.05, 4.69) is 15.3 Å². The molecule has 4 aromatic rings. The molecule has 2 heterocycles. The summed E-state index contributed by atoms with van der Waals surface area (Å²) in [7, 11) is 3.04. The van der Waals surface area contributed by atoms with Gasteiger partial charge in [0.2, 0.25) is 0 Å². The molecule has 0 fully saturated rings. The van der Waals surface area contributed by atoms with Crippen LogP contribution >= 0.6 is 34.4 Å². The molecule has 2 aromatic carbocycles. The second-order valence-corrected chi connectivity index (χ2v) is 8.51. The van der Waals surface area contributed by atoms with Gasteiger partial charge in [-0.05, 0) is 30.5 Å². The number of fused-ring (bicyclic) bond motifs is 3. The van der Waals surface area contributed by atoms with Gasteiger partial charge in [0.05, 0.1) is 34.7 Å². The van der Waals surface area contributed by atoms with Crippen LogP contribution in [-0.2, 0) is 0 Å². The molecule has 0 aliphatic heterocycles. The Hall–Kier alpha value is -2.36. The van der Waals surface area contributed by atoms with Gasteiger partial charge in [-0.3, -0.25) is 10.1 Å². The number of ether oxygens (including phenoxy) is 2. The van der Waals surface area contributed by atoms with Gasteiger partial charge >= 0.3 is 0 Å². The Balaban J connectivity index is 1.73. The number of rotatable bonds is 5. The van der Waals surface area contributed by atoms with Gasteiger partial charge in [-0.2, -0.15) is 0 Å². The Kier molecular flexibility index (Phi) is 4.90. The van der Waals surface area contributed by atoms with Crippen molar-refractivity contribution in [2.24, 2.45) is 0 Å². The molecule has 0 bridgehead atoms. The highest BCUT2D eigenvalue weighted by Crippen LogP contribution is 2.38. The van der Waals surface area contributed by atoms with Crippen LogP contribution in [0.5, 0.6) is 11.5 Å². The number of carbonyl (C=O) groups excluding carboxylic acids is 1. The summed E-state index contributed by atoms with van der Waals surface area (Å²) in [4.78, 5) is 22.0. The Morgan fingerprint density at radius 1 is 1.00 bits per heavy atom. The zero-order valence-corrected chi connectivity index (χ0v) is 17.2. The van der Waals surface area contributed by atoms with E-state index in [-0.39, 0.29) is 5.91 Å².